The van der Waals surface area contributed by atoms with Crippen molar-refractivity contribution in [3.8, 4) is 17.2 Å². The number of ether oxygens (including phenoxy) is 4. The highest BCUT2D eigenvalue weighted by molar-refractivity contribution is 6.31. The van der Waals surface area contributed by atoms with E-state index in [1.54, 1.807) is 62.4 Å². The van der Waals surface area contributed by atoms with E-state index in [1.165, 1.54) is 13.3 Å². The summed E-state index contributed by atoms with van der Waals surface area (Å²) in [6, 6.07) is 16.2. The van der Waals surface area contributed by atoms with Crippen molar-refractivity contribution in [1.82, 2.24) is 16.1 Å². The summed E-state index contributed by atoms with van der Waals surface area (Å²) in [4.78, 5) is 24.6. The molecule has 2 amide bonds. The smallest absolute Gasteiger partial charge is 0.337 e. The normalized spacial score (nSPS) is 15.3. The summed E-state index contributed by atoms with van der Waals surface area (Å²) in [5.41, 5.74) is 5.38. The van der Waals surface area contributed by atoms with Gasteiger partial charge in [0, 0.05) is 21.3 Å². The van der Waals surface area contributed by atoms with Crippen LogP contribution in [0.25, 0.3) is 0 Å². The summed E-state index contributed by atoms with van der Waals surface area (Å²) in [5, 5.41) is 21.0. The van der Waals surface area contributed by atoms with Crippen molar-refractivity contribution in [3.63, 3.8) is 0 Å². The molecule has 0 saturated carbocycles. The van der Waals surface area contributed by atoms with Crippen LogP contribution >= 0.6 is 23.2 Å². The van der Waals surface area contributed by atoms with Crippen LogP contribution in [0.5, 0.6) is 17.2 Å². The number of aliphatic hydroxyl groups is 1. The Balaban J connectivity index is 1.40. The summed E-state index contributed by atoms with van der Waals surface area (Å²) < 4.78 is 22.4. The number of esters is 1. The number of rotatable bonds is 13. The van der Waals surface area contributed by atoms with E-state index in [4.69, 9.17) is 42.1 Å². The largest absolute Gasteiger partial charge is 0.490 e. The van der Waals surface area contributed by atoms with E-state index in [0.29, 0.717) is 57.3 Å². The number of nitrogens with zero attached hydrogens (tertiary/aromatic N) is 1. The van der Waals surface area contributed by atoms with Gasteiger partial charge in [-0.2, -0.15) is 5.10 Å². The van der Waals surface area contributed by atoms with Crippen LogP contribution in [-0.2, 0) is 16.1 Å². The van der Waals surface area contributed by atoms with Crippen molar-refractivity contribution in [2.45, 2.75) is 32.7 Å². The number of amides is 2. The predicted octanol–water partition coefficient (Wildman–Crippen LogP) is 5.09. The molecule has 44 heavy (non-hydrogen) atoms. The van der Waals surface area contributed by atoms with Crippen LogP contribution in [0.4, 0.5) is 4.79 Å². The van der Waals surface area contributed by atoms with Gasteiger partial charge in [-0.05, 0) is 67.4 Å². The van der Waals surface area contributed by atoms with Crippen LogP contribution in [0.1, 0.15) is 36.6 Å². The highest BCUT2D eigenvalue weighted by Crippen LogP contribution is 2.35. The molecule has 1 heterocycles. The maximum absolute atomic E-state index is 12.4. The number of hydrogen-bond donors (Lipinski definition) is 4. The maximum Gasteiger partial charge on any atom is 0.337 e. The fourth-order valence-corrected chi connectivity index (χ4v) is 4.61. The molecule has 4 rings (SSSR count). The Bertz CT molecular complexity index is 1550. The molecule has 11 nitrogen and oxygen atoms in total. The van der Waals surface area contributed by atoms with Crippen LogP contribution < -0.4 is 30.3 Å². The van der Waals surface area contributed by atoms with Crippen LogP contribution in [-0.4, -0.2) is 49.9 Å². The zero-order chi connectivity index (χ0) is 31.6. The molecule has 0 aromatic heterocycles. The number of halogens is 2. The summed E-state index contributed by atoms with van der Waals surface area (Å²) in [6.45, 7) is 3.89. The molecular formula is C31H32Cl2N4O7. The third kappa shape index (κ3) is 8.56. The molecule has 3 aromatic carbocycles. The molecule has 0 fully saturated rings. The van der Waals surface area contributed by atoms with E-state index in [2.05, 4.69) is 21.2 Å². The highest BCUT2D eigenvalue weighted by atomic mass is 35.5. The second-order valence-electron chi connectivity index (χ2n) is 9.51. The van der Waals surface area contributed by atoms with Gasteiger partial charge in [0.1, 0.15) is 19.0 Å². The van der Waals surface area contributed by atoms with Gasteiger partial charge in [-0.25, -0.2) is 9.59 Å². The molecule has 232 valence electrons. The average molecular weight is 644 g/mol. The molecule has 3 aromatic rings. The minimum Gasteiger partial charge on any atom is -0.490 e. The molecule has 0 spiro atoms. The molecule has 1 aliphatic heterocycles. The lowest BCUT2D eigenvalue weighted by Gasteiger charge is -2.28. The van der Waals surface area contributed by atoms with Crippen molar-refractivity contribution in [2.24, 2.45) is 5.10 Å². The van der Waals surface area contributed by atoms with Crippen molar-refractivity contribution in [1.29, 1.82) is 0 Å². The third-order valence-electron chi connectivity index (χ3n) is 6.38. The summed E-state index contributed by atoms with van der Waals surface area (Å²) >= 11 is 12.1. The Morgan fingerprint density at radius 2 is 1.75 bits per heavy atom. The quantitative estimate of drug-likeness (QED) is 0.0875. The van der Waals surface area contributed by atoms with Gasteiger partial charge in [0.25, 0.3) is 0 Å². The Morgan fingerprint density at radius 1 is 1.02 bits per heavy atom. The van der Waals surface area contributed by atoms with E-state index in [9.17, 15) is 14.7 Å². The lowest BCUT2D eigenvalue weighted by molar-refractivity contribution is -0.136. The molecule has 1 aliphatic rings. The number of urea groups is 1. The summed E-state index contributed by atoms with van der Waals surface area (Å²) in [5.74, 6) is 0.670. The molecule has 0 saturated heterocycles. The second-order valence-corrected chi connectivity index (χ2v) is 10.4. The second kappa shape index (κ2) is 15.3. The van der Waals surface area contributed by atoms with E-state index in [1.807, 2.05) is 12.1 Å². The van der Waals surface area contributed by atoms with Gasteiger partial charge in [0.15, 0.2) is 17.7 Å². The molecule has 13 heteroatoms. The van der Waals surface area contributed by atoms with Crippen LogP contribution in [0.2, 0.25) is 10.0 Å². The lowest BCUT2D eigenvalue weighted by Crippen LogP contribution is -2.45. The lowest BCUT2D eigenvalue weighted by atomic mass is 9.95. The van der Waals surface area contributed by atoms with E-state index in [0.717, 1.165) is 5.56 Å². The van der Waals surface area contributed by atoms with Crippen LogP contribution in [0.3, 0.4) is 0 Å². The molecule has 0 radical (unpaired) electrons. The SMILES string of the molecule is CCOc1cc([C@H]2NC(=O)NC(C)=C2C(=O)OC)ccc1OC[C@@H](O)N/N=C/c1cc(Cl)ccc1OCc1ccc(Cl)cc1. The number of aliphatic hydroxyl groups excluding tert-OH is 1. The topological polar surface area (TPSA) is 140 Å². The number of nitrogens with one attached hydrogen (secondary N) is 3. The zero-order valence-corrected chi connectivity index (χ0v) is 25.7. The minimum atomic E-state index is -1.18. The first-order chi connectivity index (χ1) is 21.2. The zero-order valence-electron chi connectivity index (χ0n) is 24.2. The van der Waals surface area contributed by atoms with Gasteiger partial charge >= 0.3 is 12.0 Å². The number of methoxy groups -OCH3 is 1. The standard InChI is InChI=1S/C31H32Cl2N4O7/c1-4-42-26-14-20(29-28(30(39)41-3)18(2)35-31(40)36-29)7-11-25(26)44-17-27(38)37-34-15-21-13-23(33)10-12-24(21)43-16-19-5-8-22(32)9-6-19/h5-15,27,29,37-38H,4,16-17H2,1-3H3,(H2,35,36,40)/b34-15+/t27-,29-/m1/s1. The molecule has 0 unspecified atom stereocenters. The molecule has 0 bridgehead atoms. The molecular weight excluding hydrogens is 611 g/mol. The van der Waals surface area contributed by atoms with E-state index >= 15 is 0 Å². The number of carbonyl (C=O) groups excluding carboxylic acids is 2. The van der Waals surface area contributed by atoms with E-state index in [-0.39, 0.29) is 12.2 Å². The number of hydrazone groups is 1. The number of allylic oxidation sites excluding steroid dienone is 1. The number of carbonyl (C=O) groups is 2. The molecule has 0 aliphatic carbocycles. The van der Waals surface area contributed by atoms with Gasteiger partial charge in [0.2, 0.25) is 0 Å². The van der Waals surface area contributed by atoms with Crippen molar-refractivity contribution < 1.29 is 33.6 Å². The van der Waals surface area contributed by atoms with Gasteiger partial charge in [-0.15, -0.1) is 0 Å². The third-order valence-corrected chi connectivity index (χ3v) is 6.87. The van der Waals surface area contributed by atoms with Crippen LogP contribution in [0.15, 0.2) is 77.0 Å². The molecule has 2 atom stereocenters. The van der Waals surface area contributed by atoms with Gasteiger partial charge in [-0.3, -0.25) is 5.43 Å². The first-order valence-electron chi connectivity index (χ1n) is 13.6. The van der Waals surface area contributed by atoms with Crippen LogP contribution in [0, 0.1) is 0 Å². The first-order valence-corrected chi connectivity index (χ1v) is 14.3. The summed E-state index contributed by atoms with van der Waals surface area (Å²) in [6.07, 6.45) is 0.298. The fraction of sp³-hybridized carbons (Fsp3) is 0.258. The number of hydrogen-bond acceptors (Lipinski definition) is 9. The van der Waals surface area contributed by atoms with Gasteiger partial charge in [0.05, 0.1) is 31.5 Å². The Kier molecular flexibility index (Phi) is 11.3. The Hall–Kier alpha value is -4.45. The van der Waals surface area contributed by atoms with Crippen molar-refractivity contribution >= 4 is 41.4 Å². The summed E-state index contributed by atoms with van der Waals surface area (Å²) in [7, 11) is 1.27. The Labute approximate surface area is 264 Å². The number of benzene rings is 3. The monoisotopic (exact) mass is 642 g/mol. The first kappa shape index (κ1) is 32.5. The van der Waals surface area contributed by atoms with Gasteiger partial charge < -0.3 is 34.7 Å². The van der Waals surface area contributed by atoms with Crippen molar-refractivity contribution in [2.75, 3.05) is 20.3 Å². The average Bonchev–Trinajstić information content (AvgIpc) is 3.00. The van der Waals surface area contributed by atoms with Crippen molar-refractivity contribution in [3.05, 3.63) is 98.7 Å². The van der Waals surface area contributed by atoms with Gasteiger partial charge in [-0.1, -0.05) is 41.4 Å². The minimum absolute atomic E-state index is 0.178. The molecule has 4 N–H and O–H groups in total. The maximum atomic E-state index is 12.4. The van der Waals surface area contributed by atoms with E-state index < -0.39 is 24.3 Å². The Morgan fingerprint density at radius 3 is 2.48 bits per heavy atom. The highest BCUT2D eigenvalue weighted by Gasteiger charge is 2.32. The fourth-order valence-electron chi connectivity index (χ4n) is 4.31. The predicted molar refractivity (Wildman–Crippen MR) is 166 cm³/mol.